The van der Waals surface area contributed by atoms with Gasteiger partial charge in [-0.3, -0.25) is 4.79 Å². The summed E-state index contributed by atoms with van der Waals surface area (Å²) in [5.74, 6) is 1.17. The lowest BCUT2D eigenvalue weighted by Gasteiger charge is -2.17. The van der Waals surface area contributed by atoms with Crippen LogP contribution in [0.1, 0.15) is 46.4 Å². The second kappa shape index (κ2) is 6.17. The number of rotatable bonds is 3. The normalized spacial score (nSPS) is 16.7. The van der Waals surface area contributed by atoms with Crippen molar-refractivity contribution < 1.29 is 9.32 Å². The number of aromatic nitrogens is 1. The standard InChI is InChI=1S/C17H19N3O2S/c1-9-4-5-12-14(8-18)17(23-15(12)6-9)19-16(21)7-13-10(2)20-22-11(13)3/h9H,4-7H2,1-3H3,(H,19,21)/t9-/m1/s1. The summed E-state index contributed by atoms with van der Waals surface area (Å²) in [5, 5.41) is 16.9. The molecule has 23 heavy (non-hydrogen) atoms. The first-order chi connectivity index (χ1) is 11.0. The van der Waals surface area contributed by atoms with Crippen LogP contribution in [0, 0.1) is 31.1 Å². The Bertz CT molecular complexity index is 778. The lowest BCUT2D eigenvalue weighted by atomic mass is 9.88. The summed E-state index contributed by atoms with van der Waals surface area (Å²) in [7, 11) is 0. The third-order valence-electron chi connectivity index (χ3n) is 4.39. The summed E-state index contributed by atoms with van der Waals surface area (Å²) in [6.45, 7) is 5.85. The van der Waals surface area contributed by atoms with Gasteiger partial charge in [-0.15, -0.1) is 11.3 Å². The van der Waals surface area contributed by atoms with Crippen molar-refractivity contribution in [2.24, 2.45) is 5.92 Å². The number of nitriles is 1. The molecule has 0 unspecified atom stereocenters. The molecule has 0 saturated heterocycles. The highest BCUT2D eigenvalue weighted by molar-refractivity contribution is 7.16. The maximum atomic E-state index is 12.3. The molecule has 5 nitrogen and oxygen atoms in total. The molecular weight excluding hydrogens is 310 g/mol. The van der Waals surface area contributed by atoms with Crippen molar-refractivity contribution in [2.45, 2.75) is 46.5 Å². The summed E-state index contributed by atoms with van der Waals surface area (Å²) in [6, 6.07) is 2.27. The van der Waals surface area contributed by atoms with Gasteiger partial charge in [0.05, 0.1) is 17.7 Å². The largest absolute Gasteiger partial charge is 0.361 e. The van der Waals surface area contributed by atoms with Gasteiger partial charge < -0.3 is 9.84 Å². The van der Waals surface area contributed by atoms with E-state index in [1.54, 1.807) is 18.3 Å². The van der Waals surface area contributed by atoms with Crippen LogP contribution >= 0.6 is 11.3 Å². The predicted molar refractivity (Wildman–Crippen MR) is 88.5 cm³/mol. The molecule has 1 amide bonds. The van der Waals surface area contributed by atoms with E-state index in [0.717, 1.165) is 36.1 Å². The van der Waals surface area contributed by atoms with Crippen LogP contribution in [0.5, 0.6) is 0 Å². The summed E-state index contributed by atoms with van der Waals surface area (Å²) in [6.07, 6.45) is 3.24. The Labute approximate surface area is 139 Å². The van der Waals surface area contributed by atoms with Crippen LogP contribution in [-0.4, -0.2) is 11.1 Å². The summed E-state index contributed by atoms with van der Waals surface area (Å²) in [4.78, 5) is 13.6. The number of nitrogens with one attached hydrogen (secondary N) is 1. The first-order valence-electron chi connectivity index (χ1n) is 7.75. The lowest BCUT2D eigenvalue weighted by Crippen LogP contribution is -2.15. The molecule has 2 heterocycles. The Kier molecular flexibility index (Phi) is 4.22. The van der Waals surface area contributed by atoms with Gasteiger partial charge in [-0.05, 0) is 44.6 Å². The highest BCUT2D eigenvalue weighted by Gasteiger charge is 2.25. The average Bonchev–Trinajstić information content (AvgIpc) is 3.00. The molecule has 6 heteroatoms. The van der Waals surface area contributed by atoms with Crippen LogP contribution in [0.25, 0.3) is 0 Å². The Morgan fingerprint density at radius 3 is 2.96 bits per heavy atom. The van der Waals surface area contributed by atoms with Crippen molar-refractivity contribution in [3.8, 4) is 6.07 Å². The number of aryl methyl sites for hydroxylation is 2. The molecule has 0 aliphatic heterocycles. The molecule has 0 saturated carbocycles. The van der Waals surface area contributed by atoms with Gasteiger partial charge in [-0.25, -0.2) is 0 Å². The zero-order valence-electron chi connectivity index (χ0n) is 13.5. The van der Waals surface area contributed by atoms with Crippen LogP contribution in [0.4, 0.5) is 5.00 Å². The maximum Gasteiger partial charge on any atom is 0.229 e. The number of fused-ring (bicyclic) bond motifs is 1. The monoisotopic (exact) mass is 329 g/mol. The van der Waals surface area contributed by atoms with Crippen LogP contribution < -0.4 is 5.32 Å². The van der Waals surface area contributed by atoms with Crippen molar-refractivity contribution in [3.05, 3.63) is 33.0 Å². The van der Waals surface area contributed by atoms with Gasteiger partial charge in [0.15, 0.2) is 0 Å². The zero-order chi connectivity index (χ0) is 16.6. The molecule has 0 spiro atoms. The number of amides is 1. The highest BCUT2D eigenvalue weighted by atomic mass is 32.1. The van der Waals surface area contributed by atoms with Crippen LogP contribution in [0.3, 0.4) is 0 Å². The molecule has 1 aliphatic rings. The SMILES string of the molecule is Cc1noc(C)c1CC(=O)Nc1sc2c(c1C#N)CC[C@@H](C)C2. The number of carbonyl (C=O) groups excluding carboxylic acids is 1. The molecule has 120 valence electrons. The van der Waals surface area contributed by atoms with Gasteiger partial charge in [0.25, 0.3) is 0 Å². The smallest absolute Gasteiger partial charge is 0.229 e. The quantitative estimate of drug-likeness (QED) is 0.934. The molecule has 1 aliphatic carbocycles. The van der Waals surface area contributed by atoms with E-state index in [1.807, 2.05) is 6.92 Å². The number of nitrogens with zero attached hydrogens (tertiary/aromatic N) is 2. The molecule has 0 radical (unpaired) electrons. The molecule has 2 aromatic rings. The Morgan fingerprint density at radius 2 is 2.30 bits per heavy atom. The van der Waals surface area contributed by atoms with Crippen molar-refractivity contribution in [3.63, 3.8) is 0 Å². The predicted octanol–water partition coefficient (Wildman–Crippen LogP) is 3.53. The second-order valence-electron chi connectivity index (χ2n) is 6.20. The zero-order valence-corrected chi connectivity index (χ0v) is 14.3. The fourth-order valence-corrected chi connectivity index (χ4v) is 4.42. The van der Waals surface area contributed by atoms with E-state index in [9.17, 15) is 10.1 Å². The maximum absolute atomic E-state index is 12.3. The second-order valence-corrected chi connectivity index (χ2v) is 7.30. The number of hydrogen-bond donors (Lipinski definition) is 1. The van der Waals surface area contributed by atoms with Crippen molar-refractivity contribution >= 4 is 22.2 Å². The van der Waals surface area contributed by atoms with Gasteiger partial charge >= 0.3 is 0 Å². The van der Waals surface area contributed by atoms with Gasteiger partial charge in [0.1, 0.15) is 16.8 Å². The first-order valence-corrected chi connectivity index (χ1v) is 8.57. The van der Waals surface area contributed by atoms with E-state index in [0.29, 0.717) is 22.2 Å². The van der Waals surface area contributed by atoms with Gasteiger partial charge in [0.2, 0.25) is 5.91 Å². The highest BCUT2D eigenvalue weighted by Crippen LogP contribution is 2.39. The molecule has 0 bridgehead atoms. The van der Waals surface area contributed by atoms with Crippen LogP contribution in [-0.2, 0) is 24.1 Å². The van der Waals surface area contributed by atoms with E-state index in [1.165, 1.54) is 4.88 Å². The molecule has 1 atom stereocenters. The summed E-state index contributed by atoms with van der Waals surface area (Å²) >= 11 is 1.55. The number of thiophene rings is 1. The topological polar surface area (TPSA) is 78.9 Å². The van der Waals surface area contributed by atoms with Crippen molar-refractivity contribution in [1.29, 1.82) is 5.26 Å². The summed E-state index contributed by atoms with van der Waals surface area (Å²) < 4.78 is 5.09. The Balaban J connectivity index is 1.80. The number of hydrogen-bond acceptors (Lipinski definition) is 5. The van der Waals surface area contributed by atoms with E-state index < -0.39 is 0 Å². The lowest BCUT2D eigenvalue weighted by molar-refractivity contribution is -0.115. The molecule has 0 fully saturated rings. The third kappa shape index (κ3) is 3.02. The Hall–Kier alpha value is -2.13. The van der Waals surface area contributed by atoms with Crippen molar-refractivity contribution in [2.75, 3.05) is 5.32 Å². The van der Waals surface area contributed by atoms with E-state index in [2.05, 4.69) is 23.5 Å². The third-order valence-corrected chi connectivity index (χ3v) is 5.56. The summed E-state index contributed by atoms with van der Waals surface area (Å²) in [5.41, 5.74) is 3.32. The van der Waals surface area contributed by atoms with Crippen LogP contribution in [0.2, 0.25) is 0 Å². The number of anilines is 1. The number of carbonyl (C=O) groups is 1. The van der Waals surface area contributed by atoms with E-state index in [-0.39, 0.29) is 12.3 Å². The minimum Gasteiger partial charge on any atom is -0.361 e. The Morgan fingerprint density at radius 1 is 1.52 bits per heavy atom. The molecule has 2 aromatic heterocycles. The minimum absolute atomic E-state index is 0.137. The molecule has 1 N–H and O–H groups in total. The van der Waals surface area contributed by atoms with E-state index >= 15 is 0 Å². The molecule has 3 rings (SSSR count). The van der Waals surface area contributed by atoms with Gasteiger partial charge in [0, 0.05) is 10.4 Å². The van der Waals surface area contributed by atoms with Crippen molar-refractivity contribution in [1.82, 2.24) is 5.16 Å². The van der Waals surface area contributed by atoms with Crippen LogP contribution in [0.15, 0.2) is 4.52 Å². The fraction of sp³-hybridized carbons (Fsp3) is 0.471. The minimum atomic E-state index is -0.137. The first kappa shape index (κ1) is 15.8. The van der Waals surface area contributed by atoms with E-state index in [4.69, 9.17) is 4.52 Å². The average molecular weight is 329 g/mol. The van der Waals surface area contributed by atoms with Gasteiger partial charge in [-0.1, -0.05) is 12.1 Å². The fourth-order valence-electron chi connectivity index (χ4n) is 3.04. The van der Waals surface area contributed by atoms with Gasteiger partial charge in [-0.2, -0.15) is 5.26 Å². The molecule has 0 aromatic carbocycles. The molecular formula is C17H19N3O2S.